The zero-order chi connectivity index (χ0) is 22.5. The lowest BCUT2D eigenvalue weighted by atomic mass is 10.0. The Bertz CT molecular complexity index is 1200. The van der Waals surface area contributed by atoms with Gasteiger partial charge in [-0.1, -0.05) is 90.6 Å². The molecule has 1 heterocycles. The highest BCUT2D eigenvalue weighted by Gasteiger charge is 2.15. The quantitative estimate of drug-likeness (QED) is 0.388. The van der Waals surface area contributed by atoms with Gasteiger partial charge < -0.3 is 9.88 Å². The molecule has 162 valence electrons. The summed E-state index contributed by atoms with van der Waals surface area (Å²) in [7, 11) is 1.93. The number of amides is 1. The Morgan fingerprint density at radius 1 is 0.938 bits per heavy atom. The number of hydrogen-bond donors (Lipinski definition) is 1. The van der Waals surface area contributed by atoms with E-state index in [1.54, 1.807) is 0 Å². The van der Waals surface area contributed by atoms with E-state index in [0.717, 1.165) is 33.2 Å². The first-order valence-corrected chi connectivity index (χ1v) is 11.5. The predicted molar refractivity (Wildman–Crippen MR) is 130 cm³/mol. The van der Waals surface area contributed by atoms with Crippen molar-refractivity contribution < 1.29 is 4.79 Å². The molecule has 1 N–H and O–H groups in total. The Morgan fingerprint density at radius 2 is 1.59 bits per heavy atom. The first-order valence-electron chi connectivity index (χ1n) is 10.6. The van der Waals surface area contributed by atoms with Crippen molar-refractivity contribution in [1.82, 2.24) is 20.1 Å². The summed E-state index contributed by atoms with van der Waals surface area (Å²) >= 11 is 1.39. The van der Waals surface area contributed by atoms with Crippen molar-refractivity contribution >= 4 is 17.7 Å². The minimum absolute atomic E-state index is 0.0323. The summed E-state index contributed by atoms with van der Waals surface area (Å²) in [6.07, 6.45) is 0. The highest BCUT2D eigenvalue weighted by molar-refractivity contribution is 7.99. The summed E-state index contributed by atoms with van der Waals surface area (Å²) in [6, 6.07) is 26.6. The second-order valence-electron chi connectivity index (χ2n) is 7.75. The molecule has 0 bridgehead atoms. The van der Waals surface area contributed by atoms with Gasteiger partial charge in [0.25, 0.3) is 0 Å². The molecular weight excluding hydrogens is 416 g/mol. The fourth-order valence-electron chi connectivity index (χ4n) is 3.59. The van der Waals surface area contributed by atoms with E-state index in [4.69, 9.17) is 0 Å². The Hall–Kier alpha value is -3.38. The molecule has 0 spiro atoms. The number of nitrogens with one attached hydrogen (secondary N) is 1. The number of benzene rings is 3. The van der Waals surface area contributed by atoms with Crippen LogP contribution >= 0.6 is 11.8 Å². The smallest absolute Gasteiger partial charge is 0.230 e. The van der Waals surface area contributed by atoms with E-state index >= 15 is 0 Å². The van der Waals surface area contributed by atoms with E-state index in [0.29, 0.717) is 0 Å². The summed E-state index contributed by atoms with van der Waals surface area (Å²) in [5.74, 6) is 1.06. The van der Waals surface area contributed by atoms with Gasteiger partial charge in [-0.15, -0.1) is 10.2 Å². The number of aryl methyl sites for hydroxylation is 1. The van der Waals surface area contributed by atoms with Crippen molar-refractivity contribution in [1.29, 1.82) is 0 Å². The molecule has 0 aliphatic heterocycles. The van der Waals surface area contributed by atoms with E-state index in [1.165, 1.54) is 17.3 Å². The van der Waals surface area contributed by atoms with Crippen LogP contribution in [0.3, 0.4) is 0 Å². The van der Waals surface area contributed by atoms with Gasteiger partial charge in [-0.2, -0.15) is 0 Å². The van der Waals surface area contributed by atoms with Gasteiger partial charge in [0.1, 0.15) is 0 Å². The minimum Gasteiger partial charge on any atom is -0.349 e. The third-order valence-electron chi connectivity index (χ3n) is 5.45. The minimum atomic E-state index is -0.0741. The molecule has 0 aliphatic carbocycles. The van der Waals surface area contributed by atoms with Crippen LogP contribution in [0.1, 0.15) is 24.1 Å². The standard InChI is InChI=1S/C26H26N4OS/c1-18-9-7-8-12-23(18)25-28-29-26(30(25)3)32-17-24(31)27-19(2)20-13-15-22(16-14-20)21-10-5-4-6-11-21/h4-16,19H,17H2,1-3H3,(H,27,31)/t19-/m0/s1. The lowest BCUT2D eigenvalue weighted by Gasteiger charge is -2.15. The molecule has 32 heavy (non-hydrogen) atoms. The Kier molecular flexibility index (Phi) is 6.71. The van der Waals surface area contributed by atoms with Gasteiger partial charge in [0, 0.05) is 12.6 Å². The fourth-order valence-corrected chi connectivity index (χ4v) is 4.31. The van der Waals surface area contributed by atoms with Gasteiger partial charge in [0.05, 0.1) is 11.8 Å². The highest BCUT2D eigenvalue weighted by Crippen LogP contribution is 2.25. The average Bonchev–Trinajstić information content (AvgIpc) is 3.18. The molecule has 4 rings (SSSR count). The number of thioether (sulfide) groups is 1. The van der Waals surface area contributed by atoms with Gasteiger partial charge >= 0.3 is 0 Å². The highest BCUT2D eigenvalue weighted by atomic mass is 32.2. The second-order valence-corrected chi connectivity index (χ2v) is 8.69. The number of rotatable bonds is 7. The van der Waals surface area contributed by atoms with Crippen LogP contribution in [0.4, 0.5) is 0 Å². The Balaban J connectivity index is 1.35. The van der Waals surface area contributed by atoms with Crippen molar-refractivity contribution in [2.45, 2.75) is 25.0 Å². The molecule has 1 aromatic heterocycles. The first kappa shape index (κ1) is 21.8. The van der Waals surface area contributed by atoms with Gasteiger partial charge in [0.2, 0.25) is 5.91 Å². The normalized spacial score (nSPS) is 11.8. The zero-order valence-electron chi connectivity index (χ0n) is 18.4. The number of carbonyl (C=O) groups is 1. The topological polar surface area (TPSA) is 59.8 Å². The Morgan fingerprint density at radius 3 is 2.31 bits per heavy atom. The lowest BCUT2D eigenvalue weighted by molar-refractivity contribution is -0.119. The molecule has 5 nitrogen and oxygen atoms in total. The largest absolute Gasteiger partial charge is 0.349 e. The van der Waals surface area contributed by atoms with Crippen LogP contribution in [0.2, 0.25) is 0 Å². The van der Waals surface area contributed by atoms with Crippen LogP contribution in [0.5, 0.6) is 0 Å². The van der Waals surface area contributed by atoms with E-state index in [9.17, 15) is 4.79 Å². The van der Waals surface area contributed by atoms with Crippen LogP contribution in [0, 0.1) is 6.92 Å². The van der Waals surface area contributed by atoms with Crippen LogP contribution in [-0.4, -0.2) is 26.4 Å². The maximum atomic E-state index is 12.5. The summed E-state index contributed by atoms with van der Waals surface area (Å²) in [4.78, 5) is 12.5. The molecule has 1 atom stereocenters. The van der Waals surface area contributed by atoms with E-state index in [-0.39, 0.29) is 17.7 Å². The predicted octanol–water partition coefficient (Wildman–Crippen LogP) is 5.43. The van der Waals surface area contributed by atoms with E-state index < -0.39 is 0 Å². The molecule has 4 aromatic rings. The van der Waals surface area contributed by atoms with Crippen molar-refractivity contribution in [3.05, 3.63) is 90.0 Å². The fraction of sp³-hybridized carbons (Fsp3) is 0.192. The number of aromatic nitrogens is 3. The van der Waals surface area contributed by atoms with E-state index in [1.807, 2.05) is 54.9 Å². The van der Waals surface area contributed by atoms with Gasteiger partial charge in [-0.05, 0) is 36.1 Å². The van der Waals surface area contributed by atoms with Gasteiger partial charge in [0.15, 0.2) is 11.0 Å². The molecule has 0 saturated carbocycles. The van der Waals surface area contributed by atoms with Crippen molar-refractivity contribution in [3.8, 4) is 22.5 Å². The molecular formula is C26H26N4OS. The number of carbonyl (C=O) groups excluding carboxylic acids is 1. The molecule has 3 aromatic carbocycles. The molecule has 1 amide bonds. The SMILES string of the molecule is Cc1ccccc1-c1nnc(SCC(=O)N[C@@H](C)c2ccc(-c3ccccc3)cc2)n1C. The summed E-state index contributed by atoms with van der Waals surface area (Å²) in [5.41, 5.74) is 5.61. The number of nitrogens with zero attached hydrogens (tertiary/aromatic N) is 3. The third kappa shape index (κ3) is 4.92. The zero-order valence-corrected chi connectivity index (χ0v) is 19.3. The van der Waals surface area contributed by atoms with Gasteiger partial charge in [-0.25, -0.2) is 0 Å². The molecule has 6 heteroatoms. The van der Waals surface area contributed by atoms with Crippen LogP contribution in [0.15, 0.2) is 84.0 Å². The molecule has 0 fully saturated rings. The van der Waals surface area contributed by atoms with E-state index in [2.05, 4.69) is 64.9 Å². The third-order valence-corrected chi connectivity index (χ3v) is 6.47. The monoisotopic (exact) mass is 442 g/mol. The Labute approximate surface area is 192 Å². The molecule has 0 saturated heterocycles. The molecule has 0 unspecified atom stereocenters. The maximum Gasteiger partial charge on any atom is 0.230 e. The van der Waals surface area contributed by atoms with Crippen LogP contribution in [-0.2, 0) is 11.8 Å². The van der Waals surface area contributed by atoms with Gasteiger partial charge in [-0.3, -0.25) is 4.79 Å². The summed E-state index contributed by atoms with van der Waals surface area (Å²) < 4.78 is 1.94. The maximum absolute atomic E-state index is 12.5. The van der Waals surface area contributed by atoms with Crippen molar-refractivity contribution in [3.63, 3.8) is 0 Å². The molecule has 0 aliphatic rings. The lowest BCUT2D eigenvalue weighted by Crippen LogP contribution is -2.28. The summed E-state index contributed by atoms with van der Waals surface area (Å²) in [5, 5.41) is 12.4. The molecule has 0 radical (unpaired) electrons. The summed E-state index contributed by atoms with van der Waals surface area (Å²) in [6.45, 7) is 4.05. The first-order chi connectivity index (χ1) is 15.5. The van der Waals surface area contributed by atoms with Crippen molar-refractivity contribution in [2.75, 3.05) is 5.75 Å². The number of hydrogen-bond acceptors (Lipinski definition) is 4. The van der Waals surface area contributed by atoms with Crippen LogP contribution < -0.4 is 5.32 Å². The van der Waals surface area contributed by atoms with Crippen LogP contribution in [0.25, 0.3) is 22.5 Å². The average molecular weight is 443 g/mol. The van der Waals surface area contributed by atoms with Crippen molar-refractivity contribution in [2.24, 2.45) is 7.05 Å². The second kappa shape index (κ2) is 9.83.